The highest BCUT2D eigenvalue weighted by Gasteiger charge is 2.48. The molecule has 1 aliphatic rings. The van der Waals surface area contributed by atoms with Gasteiger partial charge < -0.3 is 4.57 Å². The lowest BCUT2D eigenvalue weighted by atomic mass is 10.0. The molecule has 9 heteroatoms. The second-order valence-electron chi connectivity index (χ2n) is 5.19. The van der Waals surface area contributed by atoms with Crippen molar-refractivity contribution in [3.8, 4) is 0 Å². The molecule has 2 heterocycles. The van der Waals surface area contributed by atoms with Crippen molar-refractivity contribution >= 4 is 21.8 Å². The molecule has 1 aromatic rings. The highest BCUT2D eigenvalue weighted by atomic mass is 32.2. The zero-order chi connectivity index (χ0) is 15.3. The Kier molecular flexibility index (Phi) is 3.22. The summed E-state index contributed by atoms with van der Waals surface area (Å²) < 4.78 is 27.6. The fourth-order valence-corrected chi connectivity index (χ4v) is 3.64. The van der Waals surface area contributed by atoms with Crippen LogP contribution < -0.4 is 5.32 Å². The third kappa shape index (κ3) is 2.12. The molecular formula is C11H16N4O4S. The minimum Gasteiger partial charge on any atom is -0.337 e. The maximum absolute atomic E-state index is 12.6. The Bertz CT molecular complexity index is 670. The van der Waals surface area contributed by atoms with Crippen molar-refractivity contribution in [3.63, 3.8) is 0 Å². The van der Waals surface area contributed by atoms with Gasteiger partial charge in [-0.3, -0.25) is 14.9 Å². The summed E-state index contributed by atoms with van der Waals surface area (Å²) in [5.74, 6) is -0.773. The molecule has 1 aromatic heterocycles. The summed E-state index contributed by atoms with van der Waals surface area (Å²) in [6.07, 6.45) is 1.36. The second-order valence-corrected chi connectivity index (χ2v) is 6.99. The maximum atomic E-state index is 12.6. The van der Waals surface area contributed by atoms with Crippen molar-refractivity contribution in [1.82, 2.24) is 19.2 Å². The van der Waals surface area contributed by atoms with Crippen LogP contribution in [-0.4, -0.2) is 46.2 Å². The summed E-state index contributed by atoms with van der Waals surface area (Å²) >= 11 is 0. The number of imidazole rings is 1. The number of carbonyl (C=O) groups excluding carboxylic acids is 2. The number of imide groups is 1. The van der Waals surface area contributed by atoms with Crippen molar-refractivity contribution in [2.24, 2.45) is 7.05 Å². The quantitative estimate of drug-likeness (QED) is 0.717. The van der Waals surface area contributed by atoms with Crippen LogP contribution in [0.1, 0.15) is 19.7 Å². The van der Waals surface area contributed by atoms with Crippen molar-refractivity contribution in [2.75, 3.05) is 6.54 Å². The van der Waals surface area contributed by atoms with Crippen LogP contribution in [0.5, 0.6) is 0 Å². The molecule has 0 unspecified atom stereocenters. The van der Waals surface area contributed by atoms with Crippen LogP contribution in [0.4, 0.5) is 0 Å². The molecule has 0 aromatic carbocycles. The van der Waals surface area contributed by atoms with Crippen LogP contribution in [0.3, 0.4) is 0 Å². The van der Waals surface area contributed by atoms with Gasteiger partial charge in [0.1, 0.15) is 11.4 Å². The highest BCUT2D eigenvalue weighted by Crippen LogP contribution is 2.26. The van der Waals surface area contributed by atoms with E-state index in [2.05, 4.69) is 10.3 Å². The number of piperazine rings is 1. The van der Waals surface area contributed by atoms with Crippen LogP contribution >= 0.6 is 0 Å². The molecule has 2 rings (SSSR count). The Morgan fingerprint density at radius 3 is 2.45 bits per heavy atom. The van der Waals surface area contributed by atoms with E-state index < -0.39 is 33.9 Å². The number of amides is 2. The Hall–Kier alpha value is -1.74. The smallest absolute Gasteiger partial charge is 0.263 e. The first kappa shape index (κ1) is 14.7. The molecule has 0 bridgehead atoms. The van der Waals surface area contributed by atoms with E-state index in [1.807, 2.05) is 0 Å². The molecule has 0 radical (unpaired) electrons. The summed E-state index contributed by atoms with van der Waals surface area (Å²) in [6.45, 7) is 4.15. The number of carbonyl (C=O) groups is 2. The summed E-state index contributed by atoms with van der Waals surface area (Å²) in [4.78, 5) is 27.2. The Labute approximate surface area is 116 Å². The van der Waals surface area contributed by atoms with E-state index in [0.717, 1.165) is 4.31 Å². The minimum absolute atomic E-state index is 0.173. The van der Waals surface area contributed by atoms with E-state index in [1.165, 1.54) is 20.0 Å². The average molecular weight is 300 g/mol. The van der Waals surface area contributed by atoms with Crippen LogP contribution in [0.2, 0.25) is 0 Å². The van der Waals surface area contributed by atoms with Crippen LogP contribution in [0.25, 0.3) is 0 Å². The number of hydrogen-bond donors (Lipinski definition) is 1. The number of nitrogens with zero attached hydrogens (tertiary/aromatic N) is 3. The molecule has 1 N–H and O–H groups in total. The van der Waals surface area contributed by atoms with Gasteiger partial charge in [0.2, 0.25) is 11.8 Å². The number of aryl methyl sites for hydroxylation is 2. The Morgan fingerprint density at radius 2 is 1.95 bits per heavy atom. The van der Waals surface area contributed by atoms with Gasteiger partial charge in [0.25, 0.3) is 10.0 Å². The summed E-state index contributed by atoms with van der Waals surface area (Å²) in [6, 6.07) is 0. The monoisotopic (exact) mass is 300 g/mol. The Morgan fingerprint density at radius 1 is 1.35 bits per heavy atom. The van der Waals surface area contributed by atoms with E-state index in [1.54, 1.807) is 18.5 Å². The van der Waals surface area contributed by atoms with Gasteiger partial charge in [0.05, 0.1) is 6.54 Å². The normalized spacial score (nSPS) is 20.0. The average Bonchev–Trinajstić information content (AvgIpc) is 2.65. The van der Waals surface area contributed by atoms with Gasteiger partial charge in [0.15, 0.2) is 5.03 Å². The number of nitrogens with one attached hydrogen (secondary N) is 1. The lowest BCUT2D eigenvalue weighted by molar-refractivity contribution is -0.141. The predicted molar refractivity (Wildman–Crippen MR) is 69.1 cm³/mol. The van der Waals surface area contributed by atoms with Gasteiger partial charge in [-0.15, -0.1) is 0 Å². The van der Waals surface area contributed by atoms with E-state index in [0.29, 0.717) is 5.82 Å². The highest BCUT2D eigenvalue weighted by molar-refractivity contribution is 7.89. The zero-order valence-corrected chi connectivity index (χ0v) is 12.5. The summed E-state index contributed by atoms with van der Waals surface area (Å²) in [5, 5.41) is 1.96. The topological polar surface area (TPSA) is 101 Å². The van der Waals surface area contributed by atoms with Gasteiger partial charge in [-0.2, -0.15) is 4.31 Å². The number of rotatable bonds is 2. The lowest BCUT2D eigenvalue weighted by Crippen LogP contribution is -2.65. The first-order chi connectivity index (χ1) is 9.06. The van der Waals surface area contributed by atoms with Gasteiger partial charge in [-0.1, -0.05) is 0 Å². The standard InChI is InChI=1S/C11H16N4O4S/c1-7-12-9(6-14(7)4)20(18,19)15-5-8(16)13-10(17)11(15,2)3/h6H,5H2,1-4H3,(H,13,16,17). The van der Waals surface area contributed by atoms with Crippen molar-refractivity contribution in [3.05, 3.63) is 12.0 Å². The molecule has 0 atom stereocenters. The predicted octanol–water partition coefficient (Wildman–Crippen LogP) is -0.846. The molecular weight excluding hydrogens is 284 g/mol. The molecule has 0 saturated carbocycles. The lowest BCUT2D eigenvalue weighted by Gasteiger charge is -2.38. The van der Waals surface area contributed by atoms with Crippen molar-refractivity contribution < 1.29 is 18.0 Å². The molecule has 0 spiro atoms. The van der Waals surface area contributed by atoms with Crippen molar-refractivity contribution in [2.45, 2.75) is 31.3 Å². The van der Waals surface area contributed by atoms with E-state index >= 15 is 0 Å². The fraction of sp³-hybridized carbons (Fsp3) is 0.545. The third-order valence-electron chi connectivity index (χ3n) is 3.36. The fourth-order valence-electron chi connectivity index (χ4n) is 1.91. The molecule has 8 nitrogen and oxygen atoms in total. The van der Waals surface area contributed by atoms with Gasteiger partial charge >= 0.3 is 0 Å². The number of aromatic nitrogens is 2. The Balaban J connectivity index is 2.52. The van der Waals surface area contributed by atoms with Crippen molar-refractivity contribution in [1.29, 1.82) is 0 Å². The molecule has 1 saturated heterocycles. The van der Waals surface area contributed by atoms with E-state index in [9.17, 15) is 18.0 Å². The molecule has 110 valence electrons. The van der Waals surface area contributed by atoms with Crippen LogP contribution in [0.15, 0.2) is 11.2 Å². The molecule has 2 amide bonds. The summed E-state index contributed by atoms with van der Waals surface area (Å²) in [5.41, 5.74) is -1.35. The number of hydrogen-bond acceptors (Lipinski definition) is 5. The third-order valence-corrected chi connectivity index (χ3v) is 5.25. The van der Waals surface area contributed by atoms with Gasteiger partial charge in [-0.25, -0.2) is 13.4 Å². The maximum Gasteiger partial charge on any atom is 0.263 e. The SMILES string of the molecule is Cc1nc(S(=O)(=O)N2CC(=O)NC(=O)C2(C)C)cn1C. The first-order valence-corrected chi connectivity index (χ1v) is 7.38. The molecule has 1 aliphatic heterocycles. The summed E-state index contributed by atoms with van der Waals surface area (Å²) in [7, 11) is -2.35. The number of sulfonamides is 1. The molecule has 1 fully saturated rings. The van der Waals surface area contributed by atoms with Gasteiger partial charge in [-0.05, 0) is 20.8 Å². The first-order valence-electron chi connectivity index (χ1n) is 5.94. The van der Waals surface area contributed by atoms with Gasteiger partial charge in [0, 0.05) is 13.2 Å². The van der Waals surface area contributed by atoms with E-state index in [4.69, 9.17) is 0 Å². The van der Waals surface area contributed by atoms with E-state index in [-0.39, 0.29) is 5.03 Å². The van der Waals surface area contributed by atoms with Crippen LogP contribution in [0, 0.1) is 6.92 Å². The second kappa shape index (κ2) is 4.38. The zero-order valence-electron chi connectivity index (χ0n) is 11.7. The molecule has 20 heavy (non-hydrogen) atoms. The largest absolute Gasteiger partial charge is 0.337 e. The van der Waals surface area contributed by atoms with Crippen LogP contribution in [-0.2, 0) is 26.7 Å². The minimum atomic E-state index is -4.02. The molecule has 0 aliphatic carbocycles.